The number of benzene rings is 1. The van der Waals surface area contributed by atoms with Crippen molar-refractivity contribution in [2.24, 2.45) is 0 Å². The first-order chi connectivity index (χ1) is 9.21. The minimum Gasteiger partial charge on any atom is -0.398 e. The van der Waals surface area contributed by atoms with E-state index in [1.807, 2.05) is 0 Å². The second-order valence-electron chi connectivity index (χ2n) is 4.36. The third-order valence-corrected chi connectivity index (χ3v) is 5.25. The summed E-state index contributed by atoms with van der Waals surface area (Å²) in [6, 6.07) is 1.91. The summed E-state index contributed by atoms with van der Waals surface area (Å²) in [5.41, 5.74) is 4.15. The van der Waals surface area contributed by atoms with Crippen LogP contribution in [-0.4, -0.2) is 37.4 Å². The summed E-state index contributed by atoms with van der Waals surface area (Å²) in [5, 5.41) is 18.5. The van der Waals surface area contributed by atoms with Crippen LogP contribution in [-0.2, 0) is 10.0 Å². The zero-order valence-corrected chi connectivity index (χ0v) is 13.1. The number of aliphatic hydroxyl groups is 2. The molecule has 0 amide bonds. The van der Waals surface area contributed by atoms with Crippen LogP contribution in [0.4, 0.5) is 10.1 Å². The van der Waals surface area contributed by atoms with Gasteiger partial charge in [-0.1, -0.05) is 6.92 Å². The predicted molar refractivity (Wildman–Crippen MR) is 76.0 cm³/mol. The molecule has 0 spiro atoms. The fraction of sp³-hybridized carbons (Fsp3) is 0.455. The second-order valence-corrected chi connectivity index (χ2v) is 6.86. The topological polar surface area (TPSA) is 113 Å². The summed E-state index contributed by atoms with van der Waals surface area (Å²) < 4.78 is 40.5. The van der Waals surface area contributed by atoms with Crippen LogP contribution in [0.1, 0.15) is 13.3 Å². The minimum atomic E-state index is -4.27. The first-order valence-electron chi connectivity index (χ1n) is 5.71. The number of nitrogens with one attached hydrogen (secondary N) is 1. The van der Waals surface area contributed by atoms with E-state index in [9.17, 15) is 23.0 Å². The molecular formula is C11H16BrFN2O4S. The van der Waals surface area contributed by atoms with Crippen molar-refractivity contribution in [3.05, 3.63) is 22.4 Å². The van der Waals surface area contributed by atoms with Gasteiger partial charge in [-0.05, 0) is 34.5 Å². The van der Waals surface area contributed by atoms with Crippen LogP contribution in [0.15, 0.2) is 21.5 Å². The molecule has 1 aromatic carbocycles. The molecule has 5 N–H and O–H groups in total. The lowest BCUT2D eigenvalue weighted by Crippen LogP contribution is -2.53. The van der Waals surface area contributed by atoms with Gasteiger partial charge < -0.3 is 15.9 Å². The molecule has 1 aromatic rings. The molecule has 0 bridgehead atoms. The molecule has 0 unspecified atom stereocenters. The largest absolute Gasteiger partial charge is 0.398 e. The van der Waals surface area contributed by atoms with E-state index in [-0.39, 0.29) is 16.6 Å². The summed E-state index contributed by atoms with van der Waals surface area (Å²) in [5.74, 6) is -0.987. The third kappa shape index (κ3) is 3.47. The third-order valence-electron chi connectivity index (χ3n) is 2.97. The van der Waals surface area contributed by atoms with E-state index in [1.54, 1.807) is 6.92 Å². The van der Waals surface area contributed by atoms with Gasteiger partial charge in [-0.15, -0.1) is 0 Å². The summed E-state index contributed by atoms with van der Waals surface area (Å²) in [6.45, 7) is 0.348. The summed E-state index contributed by atoms with van der Waals surface area (Å²) in [7, 11) is -4.27. The van der Waals surface area contributed by atoms with Gasteiger partial charge in [0, 0.05) is 10.2 Å². The molecular weight excluding hydrogens is 355 g/mol. The number of nitrogen functional groups attached to an aromatic ring is 1. The van der Waals surface area contributed by atoms with Gasteiger partial charge >= 0.3 is 0 Å². The molecule has 0 atom stereocenters. The number of rotatable bonds is 6. The Bertz CT molecular complexity index is 582. The Labute approximate surface area is 125 Å². The molecule has 114 valence electrons. The maximum atomic E-state index is 13.8. The predicted octanol–water partition coefficient (Wildman–Crippen LogP) is 0.582. The number of halogens is 2. The highest BCUT2D eigenvalue weighted by atomic mass is 79.9. The zero-order chi connectivity index (χ0) is 15.6. The van der Waals surface area contributed by atoms with Crippen molar-refractivity contribution in [1.82, 2.24) is 4.72 Å². The maximum Gasteiger partial charge on any atom is 0.244 e. The molecule has 0 heterocycles. The molecule has 6 nitrogen and oxygen atoms in total. The Hall–Kier alpha value is -0.740. The number of hydrogen-bond acceptors (Lipinski definition) is 5. The fourth-order valence-corrected chi connectivity index (χ4v) is 3.37. The van der Waals surface area contributed by atoms with E-state index >= 15 is 0 Å². The second kappa shape index (κ2) is 6.35. The average molecular weight is 371 g/mol. The van der Waals surface area contributed by atoms with Crippen molar-refractivity contribution >= 4 is 31.6 Å². The Morgan fingerprint density at radius 1 is 1.40 bits per heavy atom. The van der Waals surface area contributed by atoms with Crippen LogP contribution >= 0.6 is 15.9 Å². The van der Waals surface area contributed by atoms with E-state index in [1.165, 1.54) is 0 Å². The Morgan fingerprint density at radius 3 is 2.40 bits per heavy atom. The van der Waals surface area contributed by atoms with E-state index in [2.05, 4.69) is 20.7 Å². The Morgan fingerprint density at radius 2 is 1.95 bits per heavy atom. The number of anilines is 1. The number of aliphatic hydroxyl groups excluding tert-OH is 2. The molecule has 0 aromatic heterocycles. The molecule has 1 rings (SSSR count). The van der Waals surface area contributed by atoms with Gasteiger partial charge in [-0.2, -0.15) is 0 Å². The molecule has 0 radical (unpaired) electrons. The lowest BCUT2D eigenvalue weighted by atomic mass is 10.0. The summed E-state index contributed by atoms with van der Waals surface area (Å²) in [4.78, 5) is -0.641. The average Bonchev–Trinajstić information content (AvgIpc) is 2.40. The van der Waals surface area contributed by atoms with Crippen molar-refractivity contribution in [3.8, 4) is 0 Å². The molecule has 0 fully saturated rings. The van der Waals surface area contributed by atoms with Crippen LogP contribution < -0.4 is 10.5 Å². The van der Waals surface area contributed by atoms with Crippen LogP contribution in [0.5, 0.6) is 0 Å². The number of nitrogens with two attached hydrogens (primary N) is 1. The van der Waals surface area contributed by atoms with Crippen LogP contribution in [0, 0.1) is 5.82 Å². The monoisotopic (exact) mass is 370 g/mol. The van der Waals surface area contributed by atoms with Gasteiger partial charge in [-0.3, -0.25) is 0 Å². The standard InChI is InChI=1S/C11H16BrFN2O4S/c1-2-11(5-16,6-17)15-20(18,19)10-4-9(14)7(12)3-8(10)13/h3-4,15-17H,2,5-6,14H2,1H3. The first-order valence-corrected chi connectivity index (χ1v) is 7.99. The van der Waals surface area contributed by atoms with E-state index in [0.717, 1.165) is 12.1 Å². The van der Waals surface area contributed by atoms with Crippen molar-refractivity contribution in [2.45, 2.75) is 23.8 Å². The molecule has 0 aliphatic rings. The van der Waals surface area contributed by atoms with Crippen molar-refractivity contribution in [1.29, 1.82) is 0 Å². The lowest BCUT2D eigenvalue weighted by Gasteiger charge is -2.29. The SMILES string of the molecule is CCC(CO)(CO)NS(=O)(=O)c1cc(N)c(Br)cc1F. The zero-order valence-electron chi connectivity index (χ0n) is 10.7. The lowest BCUT2D eigenvalue weighted by molar-refractivity contribution is 0.105. The van der Waals surface area contributed by atoms with Gasteiger partial charge in [-0.25, -0.2) is 17.5 Å². The van der Waals surface area contributed by atoms with Gasteiger partial charge in [0.05, 0.1) is 18.8 Å². The number of hydrogen-bond donors (Lipinski definition) is 4. The maximum absolute atomic E-state index is 13.8. The molecule has 0 aliphatic carbocycles. The fourth-order valence-electron chi connectivity index (χ4n) is 1.50. The van der Waals surface area contributed by atoms with Crippen LogP contribution in [0.2, 0.25) is 0 Å². The van der Waals surface area contributed by atoms with Gasteiger partial charge in [0.15, 0.2) is 0 Å². The van der Waals surface area contributed by atoms with Gasteiger partial charge in [0.1, 0.15) is 10.7 Å². The normalized spacial score (nSPS) is 12.7. The van der Waals surface area contributed by atoms with Crippen LogP contribution in [0.3, 0.4) is 0 Å². The van der Waals surface area contributed by atoms with Crippen molar-refractivity contribution < 1.29 is 23.0 Å². The Balaban J connectivity index is 3.28. The summed E-state index contributed by atoms with van der Waals surface area (Å²) >= 11 is 2.99. The van der Waals surface area contributed by atoms with Gasteiger partial charge in [0.25, 0.3) is 0 Å². The highest BCUT2D eigenvalue weighted by Gasteiger charge is 2.34. The van der Waals surface area contributed by atoms with E-state index in [4.69, 9.17) is 5.73 Å². The molecule has 0 saturated carbocycles. The molecule has 20 heavy (non-hydrogen) atoms. The number of sulfonamides is 1. The molecule has 9 heteroatoms. The van der Waals surface area contributed by atoms with Crippen molar-refractivity contribution in [3.63, 3.8) is 0 Å². The highest BCUT2D eigenvalue weighted by Crippen LogP contribution is 2.27. The van der Waals surface area contributed by atoms with Gasteiger partial charge in [0.2, 0.25) is 10.0 Å². The summed E-state index contributed by atoms with van der Waals surface area (Å²) in [6.07, 6.45) is 0.132. The first kappa shape index (κ1) is 17.3. The highest BCUT2D eigenvalue weighted by molar-refractivity contribution is 9.10. The van der Waals surface area contributed by atoms with E-state index in [0.29, 0.717) is 0 Å². The molecule has 0 aliphatic heterocycles. The van der Waals surface area contributed by atoms with Crippen LogP contribution in [0.25, 0.3) is 0 Å². The quantitative estimate of drug-likeness (QED) is 0.547. The van der Waals surface area contributed by atoms with E-state index < -0.39 is 39.5 Å². The molecule has 0 saturated heterocycles. The Kier molecular flexibility index (Phi) is 5.50. The smallest absolute Gasteiger partial charge is 0.244 e. The minimum absolute atomic E-state index is 0.0573. The van der Waals surface area contributed by atoms with Crippen molar-refractivity contribution in [2.75, 3.05) is 18.9 Å².